The molecular formula is C12H11F6NO. The third kappa shape index (κ3) is 2.74. The second kappa shape index (κ2) is 4.91. The molecule has 2 rings (SSSR count). The van der Waals surface area contributed by atoms with Gasteiger partial charge in [0.1, 0.15) is 0 Å². The number of fused-ring (bicyclic) bond motifs is 1. The molecule has 112 valence electrons. The van der Waals surface area contributed by atoms with E-state index in [4.69, 9.17) is 0 Å². The van der Waals surface area contributed by atoms with E-state index in [9.17, 15) is 31.4 Å². The average molecular weight is 299 g/mol. The van der Waals surface area contributed by atoms with Crippen molar-refractivity contribution in [3.05, 3.63) is 29.6 Å². The fourth-order valence-corrected chi connectivity index (χ4v) is 2.58. The number of alkyl halides is 6. The second-order valence-corrected chi connectivity index (χ2v) is 4.74. The summed E-state index contributed by atoms with van der Waals surface area (Å²) in [6.07, 6.45) is -12.0. The van der Waals surface area contributed by atoms with Crippen molar-refractivity contribution in [3.8, 4) is 0 Å². The topological polar surface area (TPSA) is 33.1 Å². The maximum atomic E-state index is 12.6. The molecule has 1 N–H and O–H groups in total. The van der Waals surface area contributed by atoms with Gasteiger partial charge in [-0.2, -0.15) is 26.3 Å². The number of pyridine rings is 1. The average Bonchev–Trinajstić information content (AvgIpc) is 2.68. The minimum atomic E-state index is -5.55. The fraction of sp³-hybridized carbons (Fsp3) is 0.583. The van der Waals surface area contributed by atoms with Crippen molar-refractivity contribution < 1.29 is 31.4 Å². The van der Waals surface area contributed by atoms with E-state index in [0.717, 1.165) is 0 Å². The summed E-state index contributed by atoms with van der Waals surface area (Å²) in [7, 11) is 0. The predicted octanol–water partition coefficient (Wildman–Crippen LogP) is 3.21. The van der Waals surface area contributed by atoms with E-state index in [1.165, 1.54) is 6.20 Å². The Labute approximate surface area is 110 Å². The SMILES string of the molecule is OC(C1CCc2cccnc21)C(C(F)(F)F)C(F)(F)F. The highest BCUT2D eigenvalue weighted by Gasteiger charge is 2.62. The molecule has 20 heavy (non-hydrogen) atoms. The molecule has 0 aliphatic heterocycles. The third-order valence-corrected chi connectivity index (χ3v) is 3.46. The van der Waals surface area contributed by atoms with Gasteiger partial charge in [-0.15, -0.1) is 0 Å². The Morgan fingerprint density at radius 2 is 1.75 bits per heavy atom. The maximum Gasteiger partial charge on any atom is 0.403 e. The van der Waals surface area contributed by atoms with E-state index < -0.39 is 30.3 Å². The summed E-state index contributed by atoms with van der Waals surface area (Å²) in [6, 6.07) is 3.14. The molecule has 2 nitrogen and oxygen atoms in total. The van der Waals surface area contributed by atoms with Crippen molar-refractivity contribution >= 4 is 0 Å². The number of aliphatic hydroxyl groups excluding tert-OH is 1. The van der Waals surface area contributed by atoms with Gasteiger partial charge in [-0.05, 0) is 24.5 Å². The van der Waals surface area contributed by atoms with Crippen LogP contribution in [-0.4, -0.2) is 28.5 Å². The molecule has 1 heterocycles. The van der Waals surface area contributed by atoms with Crippen LogP contribution in [0.1, 0.15) is 23.6 Å². The zero-order valence-corrected chi connectivity index (χ0v) is 10.0. The van der Waals surface area contributed by atoms with Gasteiger partial charge in [-0.3, -0.25) is 4.98 Å². The summed E-state index contributed by atoms with van der Waals surface area (Å²) < 4.78 is 75.6. The predicted molar refractivity (Wildman–Crippen MR) is 56.9 cm³/mol. The number of nitrogens with zero attached hydrogens (tertiary/aromatic N) is 1. The van der Waals surface area contributed by atoms with E-state index in [2.05, 4.69) is 4.98 Å². The summed E-state index contributed by atoms with van der Waals surface area (Å²) in [5.74, 6) is -5.01. The lowest BCUT2D eigenvalue weighted by Gasteiger charge is -2.30. The van der Waals surface area contributed by atoms with Gasteiger partial charge in [0.25, 0.3) is 0 Å². The second-order valence-electron chi connectivity index (χ2n) is 4.74. The first-order chi connectivity index (χ1) is 9.12. The minimum absolute atomic E-state index is 0.0240. The minimum Gasteiger partial charge on any atom is -0.391 e. The van der Waals surface area contributed by atoms with Gasteiger partial charge in [-0.25, -0.2) is 0 Å². The van der Waals surface area contributed by atoms with Crippen LogP contribution < -0.4 is 0 Å². The first-order valence-corrected chi connectivity index (χ1v) is 5.87. The lowest BCUT2D eigenvalue weighted by molar-refractivity contribution is -0.308. The first kappa shape index (κ1) is 15.1. The fourth-order valence-electron chi connectivity index (χ4n) is 2.58. The van der Waals surface area contributed by atoms with Crippen LogP contribution >= 0.6 is 0 Å². The zero-order chi connectivity index (χ0) is 15.1. The Morgan fingerprint density at radius 3 is 2.30 bits per heavy atom. The van der Waals surface area contributed by atoms with Gasteiger partial charge in [0.15, 0.2) is 5.92 Å². The van der Waals surface area contributed by atoms with Crippen molar-refractivity contribution in [2.24, 2.45) is 5.92 Å². The Bertz CT molecular complexity index is 470. The van der Waals surface area contributed by atoms with E-state index in [1.807, 2.05) is 0 Å². The number of rotatable bonds is 2. The van der Waals surface area contributed by atoms with E-state index in [0.29, 0.717) is 12.0 Å². The molecule has 2 atom stereocenters. The van der Waals surface area contributed by atoms with Crippen molar-refractivity contribution in [2.75, 3.05) is 0 Å². The summed E-state index contributed by atoms with van der Waals surface area (Å²) in [5.41, 5.74) is 0.707. The Balaban J connectivity index is 2.33. The monoisotopic (exact) mass is 299 g/mol. The van der Waals surface area contributed by atoms with E-state index in [1.54, 1.807) is 12.1 Å². The Hall–Kier alpha value is -1.31. The van der Waals surface area contributed by atoms with Crippen molar-refractivity contribution in [1.29, 1.82) is 0 Å². The van der Waals surface area contributed by atoms with Gasteiger partial charge >= 0.3 is 12.4 Å². The Kier molecular flexibility index (Phi) is 3.70. The molecule has 0 radical (unpaired) electrons. The van der Waals surface area contributed by atoms with Crippen molar-refractivity contribution in [1.82, 2.24) is 4.98 Å². The van der Waals surface area contributed by atoms with E-state index >= 15 is 0 Å². The highest BCUT2D eigenvalue weighted by molar-refractivity contribution is 5.29. The highest BCUT2D eigenvalue weighted by atomic mass is 19.4. The van der Waals surface area contributed by atoms with Crippen LogP contribution in [0.4, 0.5) is 26.3 Å². The molecule has 0 amide bonds. The smallest absolute Gasteiger partial charge is 0.391 e. The number of halogens is 6. The van der Waals surface area contributed by atoms with Crippen LogP contribution in [0.5, 0.6) is 0 Å². The van der Waals surface area contributed by atoms with Crippen molar-refractivity contribution in [2.45, 2.75) is 37.2 Å². The molecule has 1 aliphatic carbocycles. The number of aliphatic hydroxyl groups is 1. The summed E-state index contributed by atoms with van der Waals surface area (Å²) in [6.45, 7) is 0. The number of aryl methyl sites for hydroxylation is 1. The summed E-state index contributed by atoms with van der Waals surface area (Å²) >= 11 is 0. The first-order valence-electron chi connectivity index (χ1n) is 5.87. The van der Waals surface area contributed by atoms with Crippen LogP contribution in [0, 0.1) is 5.92 Å². The van der Waals surface area contributed by atoms with E-state index in [-0.39, 0.29) is 12.1 Å². The number of hydrogen-bond acceptors (Lipinski definition) is 2. The summed E-state index contributed by atoms with van der Waals surface area (Å²) in [5, 5.41) is 9.65. The van der Waals surface area contributed by atoms with Crippen LogP contribution in [0.3, 0.4) is 0 Å². The Morgan fingerprint density at radius 1 is 1.15 bits per heavy atom. The quantitative estimate of drug-likeness (QED) is 0.851. The molecule has 0 aromatic carbocycles. The molecule has 0 spiro atoms. The van der Waals surface area contributed by atoms with Crippen molar-refractivity contribution in [3.63, 3.8) is 0 Å². The normalized spacial score (nSPS) is 21.1. The standard InChI is InChI=1S/C12H11F6NO/c13-11(14,15)10(12(16,17)18)9(20)7-4-3-6-2-1-5-19-8(6)7/h1-2,5,7,9-10,20H,3-4H2. The molecule has 0 saturated carbocycles. The molecule has 0 bridgehead atoms. The molecule has 1 aliphatic rings. The molecule has 8 heteroatoms. The number of aromatic nitrogens is 1. The molecule has 1 aromatic heterocycles. The van der Waals surface area contributed by atoms with Crippen LogP contribution in [0.25, 0.3) is 0 Å². The largest absolute Gasteiger partial charge is 0.403 e. The number of hydrogen-bond donors (Lipinski definition) is 1. The van der Waals surface area contributed by atoms with Gasteiger partial charge in [0, 0.05) is 17.8 Å². The zero-order valence-electron chi connectivity index (χ0n) is 10.0. The molecule has 0 fully saturated rings. The van der Waals surface area contributed by atoms with Crippen LogP contribution in [0.2, 0.25) is 0 Å². The van der Waals surface area contributed by atoms with Gasteiger partial charge in [0.05, 0.1) is 6.10 Å². The maximum absolute atomic E-state index is 12.6. The molecule has 1 aromatic rings. The summed E-state index contributed by atoms with van der Waals surface area (Å²) in [4.78, 5) is 3.81. The van der Waals surface area contributed by atoms with Gasteiger partial charge in [-0.1, -0.05) is 6.07 Å². The van der Waals surface area contributed by atoms with Gasteiger partial charge < -0.3 is 5.11 Å². The lowest BCUT2D eigenvalue weighted by Crippen LogP contribution is -2.47. The third-order valence-electron chi connectivity index (χ3n) is 3.46. The molecule has 2 unspecified atom stereocenters. The highest BCUT2D eigenvalue weighted by Crippen LogP contribution is 2.47. The van der Waals surface area contributed by atoms with Crippen LogP contribution in [-0.2, 0) is 6.42 Å². The molecule has 0 saturated heterocycles. The molecular weight excluding hydrogens is 288 g/mol. The van der Waals surface area contributed by atoms with Gasteiger partial charge in [0.2, 0.25) is 0 Å². The van der Waals surface area contributed by atoms with Crippen LogP contribution in [0.15, 0.2) is 18.3 Å². The lowest BCUT2D eigenvalue weighted by atomic mass is 9.88.